The van der Waals surface area contributed by atoms with Gasteiger partial charge in [-0.25, -0.2) is 9.97 Å². The highest BCUT2D eigenvalue weighted by atomic mass is 35.5. The Hall–Kier alpha value is -4.08. The van der Waals surface area contributed by atoms with Gasteiger partial charge >= 0.3 is 0 Å². The van der Waals surface area contributed by atoms with Crippen LogP contribution in [-0.4, -0.2) is 40.6 Å². The minimum Gasteiger partial charge on any atom is -0.496 e. The normalized spacial score (nSPS) is 17.4. The number of aryl methyl sites for hydroxylation is 1. The van der Waals surface area contributed by atoms with Crippen molar-refractivity contribution in [3.05, 3.63) is 81.2 Å². The summed E-state index contributed by atoms with van der Waals surface area (Å²) in [6, 6.07) is 11.9. The number of carbonyl (C=O) groups excluding carboxylic acids is 2. The van der Waals surface area contributed by atoms with Crippen LogP contribution in [0.4, 0.5) is 11.4 Å². The number of nitrogens with zero attached hydrogens (tertiary/aromatic N) is 4. The molecule has 0 radical (unpaired) electrons. The SMILES string of the molecule is COc1cc(OC)c(-c2nc3c(n2C(C)C)C2(C(=O)Nc4cc(Cl)ccc42)N(c2cc(Cl)ccc2C)C3=O)cn1. The first kappa shape index (κ1) is 26.2. The average Bonchev–Trinajstić information content (AvgIpc) is 3.53. The van der Waals surface area contributed by atoms with Gasteiger partial charge in [-0.2, -0.15) is 0 Å². The van der Waals surface area contributed by atoms with Gasteiger partial charge in [0.25, 0.3) is 11.8 Å². The van der Waals surface area contributed by atoms with Gasteiger partial charge in [-0.15, -0.1) is 0 Å². The van der Waals surface area contributed by atoms with Gasteiger partial charge < -0.3 is 19.4 Å². The number of anilines is 2. The van der Waals surface area contributed by atoms with Gasteiger partial charge in [0.2, 0.25) is 5.88 Å². The first-order valence-corrected chi connectivity index (χ1v) is 13.3. The Balaban J connectivity index is 1.73. The summed E-state index contributed by atoms with van der Waals surface area (Å²) in [5, 5.41) is 3.87. The van der Waals surface area contributed by atoms with Crippen LogP contribution in [0.3, 0.4) is 0 Å². The number of fused-ring (bicyclic) bond motifs is 4. The summed E-state index contributed by atoms with van der Waals surface area (Å²) in [7, 11) is 3.05. The predicted molar refractivity (Wildman–Crippen MR) is 153 cm³/mol. The van der Waals surface area contributed by atoms with E-state index in [0.717, 1.165) is 5.56 Å². The number of hydrogen-bond donors (Lipinski definition) is 1. The number of carbonyl (C=O) groups is 2. The highest BCUT2D eigenvalue weighted by Gasteiger charge is 2.64. The second kappa shape index (κ2) is 9.25. The lowest BCUT2D eigenvalue weighted by Gasteiger charge is -2.36. The van der Waals surface area contributed by atoms with Crippen LogP contribution in [0.1, 0.15) is 47.2 Å². The van der Waals surface area contributed by atoms with Crippen molar-refractivity contribution in [3.8, 4) is 23.0 Å². The number of benzene rings is 2. The van der Waals surface area contributed by atoms with Gasteiger partial charge in [0.05, 0.1) is 31.2 Å². The number of nitrogens with one attached hydrogen (secondary N) is 1. The number of hydrogen-bond acceptors (Lipinski definition) is 6. The minimum atomic E-state index is -1.58. The highest BCUT2D eigenvalue weighted by molar-refractivity contribution is 6.32. The van der Waals surface area contributed by atoms with Gasteiger partial charge in [0, 0.05) is 39.6 Å². The molecule has 6 rings (SSSR count). The van der Waals surface area contributed by atoms with Gasteiger partial charge in [0.1, 0.15) is 11.6 Å². The van der Waals surface area contributed by atoms with E-state index >= 15 is 0 Å². The van der Waals surface area contributed by atoms with E-state index < -0.39 is 17.4 Å². The summed E-state index contributed by atoms with van der Waals surface area (Å²) in [4.78, 5) is 39.5. The third-order valence-electron chi connectivity index (χ3n) is 7.38. The summed E-state index contributed by atoms with van der Waals surface area (Å²) in [6.07, 6.45) is 1.59. The molecule has 4 heterocycles. The molecule has 0 aliphatic carbocycles. The Morgan fingerprint density at radius 3 is 2.42 bits per heavy atom. The van der Waals surface area contributed by atoms with Crippen LogP contribution in [0.15, 0.2) is 48.7 Å². The van der Waals surface area contributed by atoms with Crippen molar-refractivity contribution in [2.24, 2.45) is 0 Å². The summed E-state index contributed by atoms with van der Waals surface area (Å²) in [6.45, 7) is 5.81. The molecule has 9 nitrogen and oxygen atoms in total. The van der Waals surface area contributed by atoms with E-state index in [9.17, 15) is 9.59 Å². The Bertz CT molecular complexity index is 1730. The van der Waals surface area contributed by atoms with E-state index in [2.05, 4.69) is 10.3 Å². The second-order valence-electron chi connectivity index (χ2n) is 9.95. The van der Waals surface area contributed by atoms with E-state index in [4.69, 9.17) is 37.7 Å². The molecule has 2 amide bonds. The number of pyridine rings is 1. The zero-order valence-corrected chi connectivity index (χ0v) is 23.9. The number of rotatable bonds is 5. The maximum Gasteiger partial charge on any atom is 0.280 e. The van der Waals surface area contributed by atoms with Crippen molar-refractivity contribution in [3.63, 3.8) is 0 Å². The van der Waals surface area contributed by atoms with E-state index in [1.54, 1.807) is 42.6 Å². The summed E-state index contributed by atoms with van der Waals surface area (Å²) >= 11 is 12.7. The molecule has 40 heavy (non-hydrogen) atoms. The molecule has 2 aromatic heterocycles. The Morgan fingerprint density at radius 2 is 1.73 bits per heavy atom. The fourth-order valence-corrected chi connectivity index (χ4v) is 6.03. The Labute approximate surface area is 240 Å². The summed E-state index contributed by atoms with van der Waals surface area (Å²) in [5.41, 5.74) is 1.95. The molecule has 2 aliphatic heterocycles. The summed E-state index contributed by atoms with van der Waals surface area (Å²) in [5.74, 6) is 0.442. The van der Waals surface area contributed by atoms with Crippen LogP contribution in [-0.2, 0) is 10.3 Å². The number of methoxy groups -OCH3 is 2. The number of ether oxygens (including phenoxy) is 2. The molecule has 2 aromatic carbocycles. The third kappa shape index (κ3) is 3.47. The Kier molecular flexibility index (Phi) is 6.05. The van der Waals surface area contributed by atoms with Crippen molar-refractivity contribution in [1.29, 1.82) is 0 Å². The molecule has 1 spiro atoms. The lowest BCUT2D eigenvalue weighted by molar-refractivity contribution is -0.119. The van der Waals surface area contributed by atoms with Crippen molar-refractivity contribution in [2.45, 2.75) is 32.4 Å². The van der Waals surface area contributed by atoms with Gasteiger partial charge in [0.15, 0.2) is 11.2 Å². The standard InChI is InChI=1S/C29H25Cl2N5O4/c1-14(2)35-25-24(34-26(35)18-13-32-23(40-5)12-22(18)39-4)27(37)36(21-11-17(31)7-6-15(21)3)29(25)19-9-8-16(30)10-20(19)33-28(29)38/h6-14H,1-5H3,(H,33,38). The molecule has 1 unspecified atom stereocenters. The first-order chi connectivity index (χ1) is 19.1. The monoisotopic (exact) mass is 577 g/mol. The zero-order valence-electron chi connectivity index (χ0n) is 22.4. The van der Waals surface area contributed by atoms with Gasteiger partial charge in [-0.05, 0) is 50.6 Å². The van der Waals surface area contributed by atoms with E-state index in [1.165, 1.54) is 19.1 Å². The van der Waals surface area contributed by atoms with E-state index in [0.29, 0.717) is 55.7 Å². The number of imidazole rings is 1. The molecule has 0 saturated heterocycles. The zero-order chi connectivity index (χ0) is 28.5. The molecule has 0 fully saturated rings. The molecule has 0 saturated carbocycles. The number of amides is 2. The number of aromatic nitrogens is 3. The smallest absolute Gasteiger partial charge is 0.280 e. The van der Waals surface area contributed by atoms with Crippen LogP contribution in [0.25, 0.3) is 11.4 Å². The largest absolute Gasteiger partial charge is 0.496 e. The van der Waals surface area contributed by atoms with Crippen molar-refractivity contribution in [2.75, 3.05) is 24.4 Å². The molecular formula is C29H25Cl2N5O4. The molecule has 204 valence electrons. The third-order valence-corrected chi connectivity index (χ3v) is 7.85. The van der Waals surface area contributed by atoms with Crippen LogP contribution in [0.5, 0.6) is 11.6 Å². The Morgan fingerprint density at radius 1 is 1.00 bits per heavy atom. The van der Waals surface area contributed by atoms with Crippen molar-refractivity contribution in [1.82, 2.24) is 14.5 Å². The molecular weight excluding hydrogens is 553 g/mol. The van der Waals surface area contributed by atoms with Crippen LogP contribution < -0.4 is 19.7 Å². The van der Waals surface area contributed by atoms with Crippen molar-refractivity contribution >= 4 is 46.4 Å². The van der Waals surface area contributed by atoms with Crippen molar-refractivity contribution < 1.29 is 19.1 Å². The summed E-state index contributed by atoms with van der Waals surface area (Å²) < 4.78 is 12.8. The quantitative estimate of drug-likeness (QED) is 0.311. The van der Waals surface area contributed by atoms with Gasteiger partial charge in [-0.1, -0.05) is 35.3 Å². The molecule has 2 aliphatic rings. The molecule has 11 heteroatoms. The second-order valence-corrected chi connectivity index (χ2v) is 10.8. The maximum absolute atomic E-state index is 14.5. The van der Waals surface area contributed by atoms with E-state index in [1.807, 2.05) is 31.4 Å². The molecule has 1 atom stereocenters. The molecule has 0 bridgehead atoms. The first-order valence-electron chi connectivity index (χ1n) is 12.6. The highest BCUT2D eigenvalue weighted by Crippen LogP contribution is 2.55. The lowest BCUT2D eigenvalue weighted by atomic mass is 9.86. The predicted octanol–water partition coefficient (Wildman–Crippen LogP) is 6.01. The fraction of sp³-hybridized carbons (Fsp3) is 0.241. The fourth-order valence-electron chi connectivity index (χ4n) is 5.69. The molecule has 4 aromatic rings. The lowest BCUT2D eigenvalue weighted by Crippen LogP contribution is -2.51. The maximum atomic E-state index is 14.5. The average molecular weight is 578 g/mol. The molecule has 1 N–H and O–H groups in total. The van der Waals surface area contributed by atoms with Crippen LogP contribution in [0.2, 0.25) is 10.0 Å². The van der Waals surface area contributed by atoms with Gasteiger partial charge in [-0.3, -0.25) is 14.5 Å². The van der Waals surface area contributed by atoms with Crippen LogP contribution >= 0.6 is 23.2 Å². The topological polar surface area (TPSA) is 98.6 Å². The van der Waals surface area contributed by atoms with E-state index in [-0.39, 0.29) is 11.7 Å². The minimum absolute atomic E-state index is 0.152. The van der Waals surface area contributed by atoms with Crippen LogP contribution in [0, 0.1) is 6.92 Å². The number of halogens is 2.